The number of benzene rings is 1. The summed E-state index contributed by atoms with van der Waals surface area (Å²) in [7, 11) is 0. The summed E-state index contributed by atoms with van der Waals surface area (Å²) in [4.78, 5) is 0. The maximum atomic E-state index is 3.79. The average molecular weight is 257 g/mol. The van der Waals surface area contributed by atoms with Gasteiger partial charge in [-0.1, -0.05) is 38.0 Å². The molecule has 0 radical (unpaired) electrons. The second-order valence-electron chi connectivity index (χ2n) is 6.65. The summed E-state index contributed by atoms with van der Waals surface area (Å²) in [6.07, 6.45) is 10.9. The fourth-order valence-corrected chi connectivity index (χ4v) is 3.69. The Morgan fingerprint density at radius 1 is 1.00 bits per heavy atom. The molecule has 2 atom stereocenters. The number of hydrogen-bond acceptors (Lipinski definition) is 1. The van der Waals surface area contributed by atoms with Crippen molar-refractivity contribution in [1.29, 1.82) is 0 Å². The summed E-state index contributed by atoms with van der Waals surface area (Å²) < 4.78 is 0. The molecule has 0 bridgehead atoms. The van der Waals surface area contributed by atoms with E-state index in [2.05, 4.69) is 30.4 Å². The van der Waals surface area contributed by atoms with Crippen molar-refractivity contribution in [1.82, 2.24) is 5.32 Å². The predicted octanol–water partition coefficient (Wildman–Crippen LogP) is 4.23. The molecular formula is C18H27N. The molecule has 1 heteroatoms. The van der Waals surface area contributed by atoms with Crippen LogP contribution in [0.3, 0.4) is 0 Å². The lowest BCUT2D eigenvalue weighted by atomic mass is 10.0. The van der Waals surface area contributed by atoms with Crippen molar-refractivity contribution in [3.8, 4) is 0 Å². The SMILES string of the molecule is CC1CCCC(NCc2ccc3c(c2)CCC3)CC1. The highest BCUT2D eigenvalue weighted by Gasteiger charge is 2.16. The van der Waals surface area contributed by atoms with Gasteiger partial charge < -0.3 is 5.32 Å². The molecule has 0 spiro atoms. The van der Waals surface area contributed by atoms with Gasteiger partial charge in [-0.05, 0) is 61.1 Å². The quantitative estimate of drug-likeness (QED) is 0.799. The summed E-state index contributed by atoms with van der Waals surface area (Å²) in [5, 5.41) is 3.79. The van der Waals surface area contributed by atoms with Crippen molar-refractivity contribution < 1.29 is 0 Å². The Kier molecular flexibility index (Phi) is 4.22. The van der Waals surface area contributed by atoms with Crippen LogP contribution in [0.15, 0.2) is 18.2 Å². The van der Waals surface area contributed by atoms with Gasteiger partial charge in [-0.3, -0.25) is 0 Å². The Balaban J connectivity index is 1.54. The largest absolute Gasteiger partial charge is 0.310 e. The van der Waals surface area contributed by atoms with E-state index < -0.39 is 0 Å². The van der Waals surface area contributed by atoms with Gasteiger partial charge >= 0.3 is 0 Å². The number of hydrogen-bond donors (Lipinski definition) is 1. The Morgan fingerprint density at radius 3 is 2.84 bits per heavy atom. The smallest absolute Gasteiger partial charge is 0.0208 e. The molecule has 2 aliphatic rings. The van der Waals surface area contributed by atoms with Crippen LogP contribution in [0.1, 0.15) is 62.1 Å². The molecule has 2 aliphatic carbocycles. The molecule has 1 saturated carbocycles. The molecule has 0 heterocycles. The fraction of sp³-hybridized carbons (Fsp3) is 0.667. The van der Waals surface area contributed by atoms with Crippen molar-refractivity contribution in [2.45, 2.75) is 70.9 Å². The Hall–Kier alpha value is -0.820. The zero-order valence-corrected chi connectivity index (χ0v) is 12.3. The molecule has 104 valence electrons. The van der Waals surface area contributed by atoms with E-state index in [9.17, 15) is 0 Å². The first-order valence-corrected chi connectivity index (χ1v) is 8.15. The maximum Gasteiger partial charge on any atom is 0.0208 e. The van der Waals surface area contributed by atoms with Crippen molar-refractivity contribution >= 4 is 0 Å². The molecule has 1 fully saturated rings. The maximum absolute atomic E-state index is 3.79. The average Bonchev–Trinajstić information content (AvgIpc) is 2.79. The zero-order valence-electron chi connectivity index (χ0n) is 12.3. The number of aryl methyl sites for hydroxylation is 2. The highest BCUT2D eigenvalue weighted by molar-refractivity contribution is 5.35. The minimum absolute atomic E-state index is 0.748. The van der Waals surface area contributed by atoms with Gasteiger partial charge in [-0.2, -0.15) is 0 Å². The number of rotatable bonds is 3. The van der Waals surface area contributed by atoms with E-state index in [0.29, 0.717) is 0 Å². The summed E-state index contributed by atoms with van der Waals surface area (Å²) in [6, 6.07) is 7.87. The molecule has 1 aromatic rings. The monoisotopic (exact) mass is 257 g/mol. The van der Waals surface area contributed by atoms with Crippen molar-refractivity contribution in [2.75, 3.05) is 0 Å². The zero-order chi connectivity index (χ0) is 13.1. The van der Waals surface area contributed by atoms with E-state index in [1.54, 1.807) is 11.1 Å². The van der Waals surface area contributed by atoms with E-state index in [-0.39, 0.29) is 0 Å². The third-order valence-corrected chi connectivity index (χ3v) is 5.02. The lowest BCUT2D eigenvalue weighted by Crippen LogP contribution is -2.28. The predicted molar refractivity (Wildman–Crippen MR) is 81.3 cm³/mol. The fourth-order valence-electron chi connectivity index (χ4n) is 3.69. The summed E-state index contributed by atoms with van der Waals surface area (Å²) in [5.74, 6) is 0.937. The van der Waals surface area contributed by atoms with Gasteiger partial charge in [-0.25, -0.2) is 0 Å². The minimum Gasteiger partial charge on any atom is -0.310 e. The Morgan fingerprint density at radius 2 is 1.89 bits per heavy atom. The van der Waals surface area contributed by atoms with Crippen LogP contribution >= 0.6 is 0 Å². The van der Waals surface area contributed by atoms with Gasteiger partial charge in [0.25, 0.3) is 0 Å². The van der Waals surface area contributed by atoms with Crippen LogP contribution in [0.2, 0.25) is 0 Å². The van der Waals surface area contributed by atoms with E-state index in [4.69, 9.17) is 0 Å². The normalized spacial score (nSPS) is 27.0. The van der Waals surface area contributed by atoms with Crippen LogP contribution in [0, 0.1) is 5.92 Å². The van der Waals surface area contributed by atoms with Crippen LogP contribution in [0.5, 0.6) is 0 Å². The molecule has 19 heavy (non-hydrogen) atoms. The van der Waals surface area contributed by atoms with Crippen molar-refractivity contribution in [3.63, 3.8) is 0 Å². The van der Waals surface area contributed by atoms with E-state index >= 15 is 0 Å². The van der Waals surface area contributed by atoms with Gasteiger partial charge in [0, 0.05) is 12.6 Å². The number of fused-ring (bicyclic) bond motifs is 1. The highest BCUT2D eigenvalue weighted by Crippen LogP contribution is 2.24. The summed E-state index contributed by atoms with van der Waals surface area (Å²) >= 11 is 0. The van der Waals surface area contributed by atoms with Crippen molar-refractivity contribution in [2.24, 2.45) is 5.92 Å². The number of nitrogens with one attached hydrogen (secondary N) is 1. The molecular weight excluding hydrogens is 230 g/mol. The molecule has 3 rings (SSSR count). The highest BCUT2D eigenvalue weighted by atomic mass is 14.9. The van der Waals surface area contributed by atoms with Gasteiger partial charge in [0.2, 0.25) is 0 Å². The topological polar surface area (TPSA) is 12.0 Å². The first kappa shape index (κ1) is 13.2. The molecule has 1 nitrogen and oxygen atoms in total. The van der Waals surface area contributed by atoms with E-state index in [0.717, 1.165) is 18.5 Å². The Bertz CT molecular complexity index is 424. The van der Waals surface area contributed by atoms with Crippen LogP contribution in [-0.2, 0) is 19.4 Å². The molecule has 0 amide bonds. The lowest BCUT2D eigenvalue weighted by molar-refractivity contribution is 0.447. The first-order chi connectivity index (χ1) is 9.31. The molecule has 0 saturated heterocycles. The standard InChI is InChI=1S/C18H27N/c1-14-4-2-7-18(11-8-14)19-13-15-9-10-16-5-3-6-17(16)12-15/h9-10,12,14,18-19H,2-8,11,13H2,1H3. The van der Waals surface area contributed by atoms with E-state index in [1.165, 1.54) is 56.9 Å². The molecule has 0 aromatic heterocycles. The van der Waals surface area contributed by atoms with E-state index in [1.807, 2.05) is 0 Å². The van der Waals surface area contributed by atoms with Gasteiger partial charge in [0.05, 0.1) is 0 Å². The van der Waals surface area contributed by atoms with Gasteiger partial charge in [-0.15, -0.1) is 0 Å². The molecule has 2 unspecified atom stereocenters. The van der Waals surface area contributed by atoms with Crippen molar-refractivity contribution in [3.05, 3.63) is 34.9 Å². The van der Waals surface area contributed by atoms with Crippen LogP contribution in [0.4, 0.5) is 0 Å². The van der Waals surface area contributed by atoms with Gasteiger partial charge in [0.1, 0.15) is 0 Å². The molecule has 1 aromatic carbocycles. The molecule has 1 N–H and O–H groups in total. The van der Waals surface area contributed by atoms with Crippen LogP contribution in [0.25, 0.3) is 0 Å². The second kappa shape index (κ2) is 6.09. The summed E-state index contributed by atoms with van der Waals surface area (Å²) in [6.45, 7) is 3.47. The minimum atomic E-state index is 0.748. The Labute approximate surface area is 117 Å². The third kappa shape index (κ3) is 3.39. The lowest BCUT2D eigenvalue weighted by Gasteiger charge is -2.17. The van der Waals surface area contributed by atoms with Crippen LogP contribution < -0.4 is 5.32 Å². The summed E-state index contributed by atoms with van der Waals surface area (Å²) in [5.41, 5.74) is 4.68. The third-order valence-electron chi connectivity index (χ3n) is 5.02. The second-order valence-corrected chi connectivity index (χ2v) is 6.65. The first-order valence-electron chi connectivity index (χ1n) is 8.15. The van der Waals surface area contributed by atoms with Gasteiger partial charge in [0.15, 0.2) is 0 Å². The van der Waals surface area contributed by atoms with Crippen LogP contribution in [-0.4, -0.2) is 6.04 Å². The molecule has 0 aliphatic heterocycles.